The first-order chi connectivity index (χ1) is 9.39. The van der Waals surface area contributed by atoms with Gasteiger partial charge < -0.3 is 10.0 Å². The van der Waals surface area contributed by atoms with Gasteiger partial charge in [-0.05, 0) is 29.7 Å². The molecule has 1 aliphatic rings. The van der Waals surface area contributed by atoms with Gasteiger partial charge in [-0.15, -0.1) is 11.3 Å². The van der Waals surface area contributed by atoms with Crippen molar-refractivity contribution in [2.75, 3.05) is 6.54 Å². The average Bonchev–Trinajstić information content (AvgIpc) is 2.97. The van der Waals surface area contributed by atoms with Crippen molar-refractivity contribution in [3.63, 3.8) is 0 Å². The zero-order valence-corrected chi connectivity index (χ0v) is 12.8. The number of thiophene rings is 1. The van der Waals surface area contributed by atoms with Gasteiger partial charge in [-0.2, -0.15) is 0 Å². The van der Waals surface area contributed by atoms with Crippen molar-refractivity contribution in [1.82, 2.24) is 4.90 Å². The van der Waals surface area contributed by atoms with Crippen LogP contribution in [0.4, 0.5) is 0 Å². The third-order valence-electron chi connectivity index (χ3n) is 3.70. The standard InChI is InChI=1S/C15H21NO3S/c1-15(2,10-14(18)19)9-13(17)16-7-3-5-11(16)12-6-4-8-20-12/h4,6,8,11H,3,5,7,9-10H2,1-2H3,(H,18,19)/t11-/m0/s1. The van der Waals surface area contributed by atoms with Crippen LogP contribution in [0.2, 0.25) is 0 Å². The first kappa shape index (κ1) is 15.0. The fraction of sp³-hybridized carbons (Fsp3) is 0.600. The first-order valence-electron chi connectivity index (χ1n) is 6.94. The van der Waals surface area contributed by atoms with Crippen LogP contribution in [0, 0.1) is 5.41 Å². The zero-order valence-electron chi connectivity index (χ0n) is 12.0. The number of hydrogen-bond donors (Lipinski definition) is 1. The number of nitrogens with zero attached hydrogens (tertiary/aromatic N) is 1. The van der Waals surface area contributed by atoms with Crippen molar-refractivity contribution < 1.29 is 14.7 Å². The summed E-state index contributed by atoms with van der Waals surface area (Å²) in [6, 6.07) is 4.27. The third-order valence-corrected chi connectivity index (χ3v) is 4.68. The largest absolute Gasteiger partial charge is 0.481 e. The summed E-state index contributed by atoms with van der Waals surface area (Å²) in [6.45, 7) is 4.47. The summed E-state index contributed by atoms with van der Waals surface area (Å²) in [5.41, 5.74) is -0.495. The van der Waals surface area contributed by atoms with E-state index in [1.807, 2.05) is 30.2 Å². The first-order valence-corrected chi connectivity index (χ1v) is 7.82. The predicted molar refractivity (Wildman–Crippen MR) is 78.7 cm³/mol. The predicted octanol–water partition coefficient (Wildman–Crippen LogP) is 3.30. The lowest BCUT2D eigenvalue weighted by Gasteiger charge is -2.29. The van der Waals surface area contributed by atoms with Crippen LogP contribution in [0.5, 0.6) is 0 Å². The highest BCUT2D eigenvalue weighted by molar-refractivity contribution is 7.10. The van der Waals surface area contributed by atoms with Crippen molar-refractivity contribution in [3.8, 4) is 0 Å². The van der Waals surface area contributed by atoms with Crippen LogP contribution < -0.4 is 0 Å². The molecule has 5 heteroatoms. The molecule has 1 aromatic heterocycles. The van der Waals surface area contributed by atoms with Gasteiger partial charge in [-0.25, -0.2) is 0 Å². The Balaban J connectivity index is 2.03. The van der Waals surface area contributed by atoms with E-state index >= 15 is 0 Å². The van der Waals surface area contributed by atoms with Gasteiger partial charge >= 0.3 is 5.97 Å². The topological polar surface area (TPSA) is 57.6 Å². The normalized spacial score (nSPS) is 19.3. The maximum Gasteiger partial charge on any atom is 0.303 e. The molecule has 1 saturated heterocycles. The smallest absolute Gasteiger partial charge is 0.303 e. The number of amides is 1. The molecule has 0 aliphatic carbocycles. The van der Waals surface area contributed by atoms with Crippen molar-refractivity contribution >= 4 is 23.2 Å². The van der Waals surface area contributed by atoms with Gasteiger partial charge in [0.15, 0.2) is 0 Å². The number of carbonyl (C=O) groups is 2. The minimum Gasteiger partial charge on any atom is -0.481 e. The number of carboxylic acid groups (broad SMARTS) is 1. The summed E-state index contributed by atoms with van der Waals surface area (Å²) in [6.07, 6.45) is 2.34. The molecular weight excluding hydrogens is 274 g/mol. The highest BCUT2D eigenvalue weighted by atomic mass is 32.1. The van der Waals surface area contributed by atoms with Gasteiger partial charge in [-0.3, -0.25) is 9.59 Å². The number of hydrogen-bond acceptors (Lipinski definition) is 3. The highest BCUT2D eigenvalue weighted by Crippen LogP contribution is 2.36. The lowest BCUT2D eigenvalue weighted by atomic mass is 9.85. The monoisotopic (exact) mass is 295 g/mol. The van der Waals surface area contributed by atoms with E-state index in [1.165, 1.54) is 4.88 Å². The lowest BCUT2D eigenvalue weighted by molar-refractivity contribution is -0.140. The van der Waals surface area contributed by atoms with Gasteiger partial charge in [0.25, 0.3) is 0 Å². The van der Waals surface area contributed by atoms with E-state index in [2.05, 4.69) is 6.07 Å². The second-order valence-corrected chi connectivity index (χ2v) is 7.15. The molecule has 1 atom stereocenters. The number of aliphatic carboxylic acids is 1. The van der Waals surface area contributed by atoms with Crippen molar-refractivity contribution in [3.05, 3.63) is 22.4 Å². The van der Waals surface area contributed by atoms with E-state index in [-0.39, 0.29) is 18.4 Å². The van der Waals surface area contributed by atoms with Crippen LogP contribution >= 0.6 is 11.3 Å². The van der Waals surface area contributed by atoms with Crippen LogP contribution in [0.1, 0.15) is 50.4 Å². The Kier molecular flexibility index (Phi) is 4.48. The SMILES string of the molecule is CC(C)(CC(=O)O)CC(=O)N1CCC[C@H]1c1cccs1. The van der Waals surface area contributed by atoms with E-state index in [9.17, 15) is 9.59 Å². The molecule has 1 amide bonds. The Hall–Kier alpha value is -1.36. The van der Waals surface area contributed by atoms with Gasteiger partial charge in [0.2, 0.25) is 5.91 Å². The van der Waals surface area contributed by atoms with Crippen molar-refractivity contribution in [1.29, 1.82) is 0 Å². The number of likely N-dealkylation sites (tertiary alicyclic amines) is 1. The molecule has 4 nitrogen and oxygen atoms in total. The summed E-state index contributed by atoms with van der Waals surface area (Å²) in [5, 5.41) is 10.9. The molecule has 0 spiro atoms. The van der Waals surface area contributed by atoms with E-state index in [1.54, 1.807) is 11.3 Å². The number of carbonyl (C=O) groups excluding carboxylic acids is 1. The molecule has 0 radical (unpaired) electrons. The van der Waals surface area contributed by atoms with E-state index < -0.39 is 11.4 Å². The molecule has 1 aromatic rings. The molecular formula is C15H21NO3S. The fourth-order valence-corrected chi connectivity index (χ4v) is 3.70. The summed E-state index contributed by atoms with van der Waals surface area (Å²) in [5.74, 6) is -0.772. The van der Waals surface area contributed by atoms with Crippen LogP contribution in [0.3, 0.4) is 0 Å². The minimum absolute atomic E-state index is 0.0241. The summed E-state index contributed by atoms with van der Waals surface area (Å²) in [4.78, 5) is 26.5. The van der Waals surface area contributed by atoms with Gasteiger partial charge in [0.05, 0.1) is 12.5 Å². The molecule has 0 bridgehead atoms. The molecule has 2 heterocycles. The Bertz CT molecular complexity index is 481. The molecule has 0 aromatic carbocycles. The number of rotatable bonds is 5. The molecule has 1 fully saturated rings. The fourth-order valence-electron chi connectivity index (χ4n) is 2.82. The third kappa shape index (κ3) is 3.60. The van der Waals surface area contributed by atoms with Crippen LogP contribution in [0.15, 0.2) is 17.5 Å². The average molecular weight is 295 g/mol. The minimum atomic E-state index is -0.848. The number of carboxylic acids is 1. The lowest BCUT2D eigenvalue weighted by Crippen LogP contribution is -2.34. The Labute approximate surface area is 123 Å². The second kappa shape index (κ2) is 5.95. The van der Waals surface area contributed by atoms with Crippen LogP contribution in [-0.2, 0) is 9.59 Å². The maximum atomic E-state index is 12.5. The van der Waals surface area contributed by atoms with Gasteiger partial charge in [-0.1, -0.05) is 19.9 Å². The molecule has 0 unspecified atom stereocenters. The highest BCUT2D eigenvalue weighted by Gasteiger charge is 2.34. The van der Waals surface area contributed by atoms with E-state index in [4.69, 9.17) is 5.11 Å². The van der Waals surface area contributed by atoms with Crippen molar-refractivity contribution in [2.24, 2.45) is 5.41 Å². The summed E-state index contributed by atoms with van der Waals surface area (Å²) < 4.78 is 0. The van der Waals surface area contributed by atoms with Gasteiger partial charge in [0.1, 0.15) is 0 Å². The van der Waals surface area contributed by atoms with E-state index in [0.29, 0.717) is 6.42 Å². The van der Waals surface area contributed by atoms with Crippen molar-refractivity contribution in [2.45, 2.75) is 45.6 Å². The Morgan fingerprint density at radius 3 is 2.80 bits per heavy atom. The second-order valence-electron chi connectivity index (χ2n) is 6.17. The van der Waals surface area contributed by atoms with Crippen LogP contribution in [0.25, 0.3) is 0 Å². The molecule has 2 rings (SSSR count). The summed E-state index contributed by atoms with van der Waals surface area (Å²) >= 11 is 1.68. The molecule has 20 heavy (non-hydrogen) atoms. The Morgan fingerprint density at radius 1 is 1.45 bits per heavy atom. The molecule has 110 valence electrons. The Morgan fingerprint density at radius 2 is 2.20 bits per heavy atom. The van der Waals surface area contributed by atoms with Gasteiger partial charge in [0, 0.05) is 17.8 Å². The van der Waals surface area contributed by atoms with E-state index in [0.717, 1.165) is 19.4 Å². The summed E-state index contributed by atoms with van der Waals surface area (Å²) in [7, 11) is 0. The molecule has 1 aliphatic heterocycles. The quantitative estimate of drug-likeness (QED) is 0.906. The molecule has 0 saturated carbocycles. The van der Waals surface area contributed by atoms with Crippen LogP contribution in [-0.4, -0.2) is 28.4 Å². The maximum absolute atomic E-state index is 12.5. The molecule has 1 N–H and O–H groups in total. The zero-order chi connectivity index (χ0) is 14.8.